The highest BCUT2D eigenvalue weighted by molar-refractivity contribution is 5.85. The number of hydrogen-bond acceptors (Lipinski definition) is 2. The second kappa shape index (κ2) is 8.76. The van der Waals surface area contributed by atoms with Gasteiger partial charge in [-0.25, -0.2) is 0 Å². The van der Waals surface area contributed by atoms with Crippen molar-refractivity contribution in [1.29, 1.82) is 0 Å². The molecule has 0 aromatic carbocycles. The minimum atomic E-state index is 0. The van der Waals surface area contributed by atoms with E-state index in [4.69, 9.17) is 0 Å². The maximum Gasteiger partial charge on any atom is 0.222 e. The zero-order chi connectivity index (χ0) is 12.0. The van der Waals surface area contributed by atoms with Gasteiger partial charge in [-0.3, -0.25) is 4.79 Å². The van der Waals surface area contributed by atoms with E-state index in [1.54, 1.807) is 0 Å². The van der Waals surface area contributed by atoms with E-state index >= 15 is 0 Å². The predicted molar refractivity (Wildman–Crippen MR) is 74.6 cm³/mol. The molecule has 0 aliphatic carbocycles. The van der Waals surface area contributed by atoms with E-state index in [2.05, 4.69) is 19.2 Å². The van der Waals surface area contributed by atoms with E-state index in [0.717, 1.165) is 45.2 Å². The van der Waals surface area contributed by atoms with Crippen molar-refractivity contribution < 1.29 is 4.79 Å². The number of amides is 1. The van der Waals surface area contributed by atoms with E-state index in [-0.39, 0.29) is 12.4 Å². The number of carbonyl (C=O) groups is 1. The van der Waals surface area contributed by atoms with Gasteiger partial charge in [-0.05, 0) is 25.8 Å². The van der Waals surface area contributed by atoms with Gasteiger partial charge in [-0.1, -0.05) is 26.7 Å². The summed E-state index contributed by atoms with van der Waals surface area (Å²) < 4.78 is 0. The molecule has 17 heavy (non-hydrogen) atoms. The van der Waals surface area contributed by atoms with Crippen LogP contribution in [0.2, 0.25) is 0 Å². The molecule has 1 heterocycles. The Kier molecular flexibility index (Phi) is 8.61. The summed E-state index contributed by atoms with van der Waals surface area (Å²) in [4.78, 5) is 14.1. The van der Waals surface area contributed by atoms with Gasteiger partial charge in [0.1, 0.15) is 0 Å². The van der Waals surface area contributed by atoms with Crippen molar-refractivity contribution in [2.75, 3.05) is 20.1 Å². The molecule has 0 spiro atoms. The fraction of sp³-hybridized carbons (Fsp3) is 0.923. The SMILES string of the molecule is CCC(CC)CC(=O)N1CCC(NC)CC1.Cl. The summed E-state index contributed by atoms with van der Waals surface area (Å²) in [6.45, 7) is 6.22. The van der Waals surface area contributed by atoms with Gasteiger partial charge in [-0.15, -0.1) is 12.4 Å². The number of nitrogens with one attached hydrogen (secondary N) is 1. The van der Waals surface area contributed by atoms with Crippen molar-refractivity contribution in [2.24, 2.45) is 5.92 Å². The molecule has 1 aliphatic rings. The molecule has 0 atom stereocenters. The lowest BCUT2D eigenvalue weighted by molar-refractivity contribution is -0.133. The molecule has 1 aliphatic heterocycles. The lowest BCUT2D eigenvalue weighted by Gasteiger charge is -2.32. The first kappa shape index (κ1) is 16.7. The molecular weight excluding hydrogens is 236 g/mol. The zero-order valence-corrected chi connectivity index (χ0v) is 12.2. The molecule has 1 rings (SSSR count). The molecule has 1 N–H and O–H groups in total. The third-order valence-electron chi connectivity index (χ3n) is 3.87. The van der Waals surface area contributed by atoms with Crippen LogP contribution in [-0.2, 0) is 4.79 Å². The van der Waals surface area contributed by atoms with Crippen molar-refractivity contribution in [3.8, 4) is 0 Å². The standard InChI is InChI=1S/C13H26N2O.ClH/c1-4-11(5-2)10-13(16)15-8-6-12(14-3)7-9-15;/h11-12,14H,4-10H2,1-3H3;1H. The smallest absolute Gasteiger partial charge is 0.222 e. The Morgan fingerprint density at radius 1 is 1.29 bits per heavy atom. The highest BCUT2D eigenvalue weighted by Gasteiger charge is 2.22. The Bertz CT molecular complexity index is 211. The van der Waals surface area contributed by atoms with Gasteiger partial charge in [0, 0.05) is 25.6 Å². The third-order valence-corrected chi connectivity index (χ3v) is 3.87. The lowest BCUT2D eigenvalue weighted by Crippen LogP contribution is -2.44. The minimum Gasteiger partial charge on any atom is -0.343 e. The first-order valence-electron chi connectivity index (χ1n) is 6.66. The topological polar surface area (TPSA) is 32.3 Å². The monoisotopic (exact) mass is 262 g/mol. The van der Waals surface area contributed by atoms with Crippen LogP contribution in [0.3, 0.4) is 0 Å². The molecule has 3 nitrogen and oxygen atoms in total. The largest absolute Gasteiger partial charge is 0.343 e. The minimum absolute atomic E-state index is 0. The highest BCUT2D eigenvalue weighted by Crippen LogP contribution is 2.17. The van der Waals surface area contributed by atoms with Crippen molar-refractivity contribution in [3.05, 3.63) is 0 Å². The molecule has 0 unspecified atom stereocenters. The molecule has 102 valence electrons. The van der Waals surface area contributed by atoms with Gasteiger partial charge in [0.25, 0.3) is 0 Å². The lowest BCUT2D eigenvalue weighted by atomic mass is 9.97. The third kappa shape index (κ3) is 5.26. The summed E-state index contributed by atoms with van der Waals surface area (Å²) in [5.41, 5.74) is 0. The second-order valence-electron chi connectivity index (χ2n) is 4.83. The van der Waals surface area contributed by atoms with Crippen LogP contribution in [-0.4, -0.2) is 37.0 Å². The maximum atomic E-state index is 12.0. The summed E-state index contributed by atoms with van der Waals surface area (Å²) in [5.74, 6) is 0.942. The predicted octanol–water partition coefficient (Wildman–Crippen LogP) is 2.44. The summed E-state index contributed by atoms with van der Waals surface area (Å²) >= 11 is 0. The zero-order valence-electron chi connectivity index (χ0n) is 11.4. The van der Waals surface area contributed by atoms with Crippen LogP contribution in [0.5, 0.6) is 0 Å². The Morgan fingerprint density at radius 2 is 1.82 bits per heavy atom. The Labute approximate surface area is 112 Å². The van der Waals surface area contributed by atoms with Gasteiger partial charge >= 0.3 is 0 Å². The van der Waals surface area contributed by atoms with Crippen LogP contribution in [0.25, 0.3) is 0 Å². The molecule has 4 heteroatoms. The Hall–Kier alpha value is -0.280. The molecular formula is C13H27ClN2O. The summed E-state index contributed by atoms with van der Waals surface area (Å²) in [6, 6.07) is 0.609. The van der Waals surface area contributed by atoms with Crippen molar-refractivity contribution in [1.82, 2.24) is 10.2 Å². The van der Waals surface area contributed by atoms with Gasteiger partial charge in [0.05, 0.1) is 0 Å². The van der Waals surface area contributed by atoms with Crippen LogP contribution >= 0.6 is 12.4 Å². The van der Waals surface area contributed by atoms with E-state index in [1.807, 2.05) is 11.9 Å². The average Bonchev–Trinajstić information content (AvgIpc) is 2.35. The summed E-state index contributed by atoms with van der Waals surface area (Å²) in [5, 5.41) is 3.29. The quantitative estimate of drug-likeness (QED) is 0.826. The van der Waals surface area contributed by atoms with Crippen LogP contribution in [0, 0.1) is 5.92 Å². The molecule has 0 saturated carbocycles. The average molecular weight is 263 g/mol. The number of rotatable bonds is 5. The second-order valence-corrected chi connectivity index (χ2v) is 4.83. The van der Waals surface area contributed by atoms with Crippen molar-refractivity contribution in [3.63, 3.8) is 0 Å². The van der Waals surface area contributed by atoms with Gasteiger partial charge in [0.2, 0.25) is 5.91 Å². The fourth-order valence-corrected chi connectivity index (χ4v) is 2.37. The molecule has 1 amide bonds. The highest BCUT2D eigenvalue weighted by atomic mass is 35.5. The molecule has 1 saturated heterocycles. The van der Waals surface area contributed by atoms with Gasteiger partial charge in [-0.2, -0.15) is 0 Å². The first-order chi connectivity index (χ1) is 7.71. The van der Waals surface area contributed by atoms with Crippen LogP contribution < -0.4 is 5.32 Å². The Balaban J connectivity index is 0.00000256. The van der Waals surface area contributed by atoms with E-state index in [9.17, 15) is 4.79 Å². The van der Waals surface area contributed by atoms with Gasteiger partial charge < -0.3 is 10.2 Å². The molecule has 0 aromatic heterocycles. The van der Waals surface area contributed by atoms with E-state index in [1.165, 1.54) is 0 Å². The number of carbonyl (C=O) groups excluding carboxylic acids is 1. The number of likely N-dealkylation sites (tertiary alicyclic amines) is 1. The molecule has 0 radical (unpaired) electrons. The fourth-order valence-electron chi connectivity index (χ4n) is 2.37. The maximum absolute atomic E-state index is 12.0. The summed E-state index contributed by atoms with van der Waals surface area (Å²) in [6.07, 6.45) is 5.19. The van der Waals surface area contributed by atoms with Gasteiger partial charge in [0.15, 0.2) is 0 Å². The van der Waals surface area contributed by atoms with E-state index in [0.29, 0.717) is 17.9 Å². The molecule has 1 fully saturated rings. The van der Waals surface area contributed by atoms with Crippen LogP contribution in [0.15, 0.2) is 0 Å². The number of nitrogens with zero attached hydrogens (tertiary/aromatic N) is 1. The van der Waals surface area contributed by atoms with Crippen molar-refractivity contribution in [2.45, 2.75) is 52.0 Å². The van der Waals surface area contributed by atoms with Crippen molar-refractivity contribution >= 4 is 18.3 Å². The summed E-state index contributed by atoms with van der Waals surface area (Å²) in [7, 11) is 2.01. The first-order valence-corrected chi connectivity index (χ1v) is 6.66. The molecule has 0 bridgehead atoms. The van der Waals surface area contributed by atoms with E-state index < -0.39 is 0 Å². The number of halogens is 1. The number of piperidine rings is 1. The number of hydrogen-bond donors (Lipinski definition) is 1. The normalized spacial score (nSPS) is 17.1. The van der Waals surface area contributed by atoms with Crippen LogP contribution in [0.4, 0.5) is 0 Å². The molecule has 0 aromatic rings. The Morgan fingerprint density at radius 3 is 2.24 bits per heavy atom. The van der Waals surface area contributed by atoms with Crippen LogP contribution in [0.1, 0.15) is 46.0 Å².